The first-order valence-electron chi connectivity index (χ1n) is 10.3. The minimum absolute atomic E-state index is 0.0734. The van der Waals surface area contributed by atoms with Crippen molar-refractivity contribution < 1.29 is 9.59 Å². The molecule has 158 valence electrons. The van der Waals surface area contributed by atoms with Crippen molar-refractivity contribution in [3.05, 3.63) is 87.3 Å². The van der Waals surface area contributed by atoms with Gasteiger partial charge in [0.15, 0.2) is 0 Å². The molecule has 0 radical (unpaired) electrons. The second-order valence-electron chi connectivity index (χ2n) is 7.71. The number of anilines is 2. The van der Waals surface area contributed by atoms with Crippen LogP contribution in [-0.4, -0.2) is 28.1 Å². The van der Waals surface area contributed by atoms with Crippen LogP contribution in [0.25, 0.3) is 0 Å². The molecule has 4 rings (SSSR count). The summed E-state index contributed by atoms with van der Waals surface area (Å²) < 4.78 is 1.18. The van der Waals surface area contributed by atoms with Crippen LogP contribution >= 0.6 is 0 Å². The van der Waals surface area contributed by atoms with Crippen LogP contribution in [0, 0.1) is 13.8 Å². The van der Waals surface area contributed by atoms with Gasteiger partial charge in [0, 0.05) is 30.4 Å². The van der Waals surface area contributed by atoms with E-state index in [1.807, 2.05) is 56.3 Å². The summed E-state index contributed by atoms with van der Waals surface area (Å²) in [4.78, 5) is 39.2. The van der Waals surface area contributed by atoms with Gasteiger partial charge in [-0.2, -0.15) is 5.10 Å². The second kappa shape index (κ2) is 8.55. The van der Waals surface area contributed by atoms with Crippen LogP contribution in [0.4, 0.5) is 11.4 Å². The smallest absolute Gasteiger partial charge is 0.278 e. The predicted molar refractivity (Wildman–Crippen MR) is 119 cm³/mol. The maximum Gasteiger partial charge on any atom is 0.278 e. The molecule has 31 heavy (non-hydrogen) atoms. The van der Waals surface area contributed by atoms with Crippen LogP contribution in [0.3, 0.4) is 0 Å². The van der Waals surface area contributed by atoms with Crippen molar-refractivity contribution in [2.24, 2.45) is 0 Å². The maximum absolute atomic E-state index is 13.0. The van der Waals surface area contributed by atoms with Gasteiger partial charge in [-0.15, -0.1) is 0 Å². The minimum Gasteiger partial charge on any atom is -0.326 e. The zero-order valence-electron chi connectivity index (χ0n) is 17.6. The van der Waals surface area contributed by atoms with Gasteiger partial charge in [-0.05, 0) is 61.2 Å². The maximum atomic E-state index is 13.0. The van der Waals surface area contributed by atoms with E-state index >= 15 is 0 Å². The molecular weight excluding hydrogens is 392 g/mol. The molecule has 1 aliphatic rings. The van der Waals surface area contributed by atoms with E-state index in [0.29, 0.717) is 12.2 Å². The first-order chi connectivity index (χ1) is 14.9. The van der Waals surface area contributed by atoms with Crippen molar-refractivity contribution in [1.29, 1.82) is 0 Å². The summed E-state index contributed by atoms with van der Waals surface area (Å²) >= 11 is 0. The Labute approximate surface area is 180 Å². The molecule has 7 heteroatoms. The lowest BCUT2D eigenvalue weighted by molar-refractivity contribution is -0.116. The Hall–Kier alpha value is -3.74. The quantitative estimate of drug-likeness (QED) is 0.693. The zero-order valence-corrected chi connectivity index (χ0v) is 17.6. The van der Waals surface area contributed by atoms with Crippen LogP contribution in [-0.2, 0) is 17.8 Å². The molecule has 0 spiro atoms. The Morgan fingerprint density at radius 2 is 1.84 bits per heavy atom. The number of aromatic nitrogens is 2. The molecule has 1 N–H and O–H groups in total. The predicted octanol–water partition coefficient (Wildman–Crippen LogP) is 3.09. The van der Waals surface area contributed by atoms with E-state index in [0.717, 1.165) is 28.8 Å². The number of fused-ring (bicyclic) bond motifs is 1. The number of hydrogen-bond acceptors (Lipinski definition) is 4. The molecule has 0 bridgehead atoms. The van der Waals surface area contributed by atoms with Crippen molar-refractivity contribution in [2.45, 2.75) is 33.2 Å². The Bertz CT molecular complexity index is 1220. The lowest BCUT2D eigenvalue weighted by atomic mass is 10.1. The van der Waals surface area contributed by atoms with E-state index in [9.17, 15) is 14.4 Å². The first kappa shape index (κ1) is 20.5. The molecule has 0 atom stereocenters. The standard InChI is InChI=1S/C24H24N4O3/c1-16-7-8-19(15-17(16)2)25-22(29)12-14-28-23(30)10-9-20(26-28)24(31)27-13-11-18-5-3-4-6-21(18)27/h3-10,15H,11-14H2,1-2H3,(H,25,29). The molecule has 0 saturated heterocycles. The lowest BCUT2D eigenvalue weighted by Crippen LogP contribution is -2.33. The van der Waals surface area contributed by atoms with Gasteiger partial charge in [0.25, 0.3) is 11.5 Å². The summed E-state index contributed by atoms with van der Waals surface area (Å²) in [6.45, 7) is 4.66. The average molecular weight is 416 g/mol. The molecule has 0 fully saturated rings. The number of benzene rings is 2. The molecule has 2 aromatic carbocycles. The highest BCUT2D eigenvalue weighted by Gasteiger charge is 2.26. The average Bonchev–Trinajstić information content (AvgIpc) is 3.19. The molecule has 0 unspecified atom stereocenters. The third-order valence-corrected chi connectivity index (χ3v) is 5.56. The van der Waals surface area contributed by atoms with Crippen LogP contribution in [0.15, 0.2) is 59.4 Å². The Morgan fingerprint density at radius 1 is 1.03 bits per heavy atom. The normalized spacial score (nSPS) is 12.5. The third kappa shape index (κ3) is 4.40. The molecule has 1 aliphatic heterocycles. The first-order valence-corrected chi connectivity index (χ1v) is 10.3. The second-order valence-corrected chi connectivity index (χ2v) is 7.71. The number of hydrogen-bond donors (Lipinski definition) is 1. The fourth-order valence-electron chi connectivity index (χ4n) is 3.66. The lowest BCUT2D eigenvalue weighted by Gasteiger charge is -2.17. The zero-order chi connectivity index (χ0) is 22.0. The van der Waals surface area contributed by atoms with Crippen LogP contribution in [0.5, 0.6) is 0 Å². The topological polar surface area (TPSA) is 84.3 Å². The summed E-state index contributed by atoms with van der Waals surface area (Å²) in [7, 11) is 0. The summed E-state index contributed by atoms with van der Waals surface area (Å²) in [6.07, 6.45) is 0.865. The number of amides is 2. The van der Waals surface area contributed by atoms with Gasteiger partial charge in [0.05, 0.1) is 6.54 Å². The van der Waals surface area contributed by atoms with Gasteiger partial charge >= 0.3 is 0 Å². The molecule has 2 heterocycles. The number of para-hydroxylation sites is 1. The van der Waals surface area contributed by atoms with Gasteiger partial charge in [0.2, 0.25) is 5.91 Å². The highest BCUT2D eigenvalue weighted by molar-refractivity contribution is 6.05. The summed E-state index contributed by atoms with van der Waals surface area (Å²) in [5, 5.41) is 7.06. The fraction of sp³-hybridized carbons (Fsp3) is 0.250. The van der Waals surface area contributed by atoms with Crippen LogP contribution in [0.1, 0.15) is 33.6 Å². The molecule has 1 aromatic heterocycles. The summed E-state index contributed by atoms with van der Waals surface area (Å²) in [5.41, 5.74) is 4.78. The monoisotopic (exact) mass is 416 g/mol. The van der Waals surface area contributed by atoms with E-state index in [-0.39, 0.29) is 36.0 Å². The van der Waals surface area contributed by atoms with Crippen molar-refractivity contribution in [2.75, 3.05) is 16.8 Å². The SMILES string of the molecule is Cc1ccc(NC(=O)CCn2nc(C(=O)N3CCc4ccccc43)ccc2=O)cc1C. The molecule has 7 nitrogen and oxygen atoms in total. The highest BCUT2D eigenvalue weighted by Crippen LogP contribution is 2.28. The largest absolute Gasteiger partial charge is 0.326 e. The van der Waals surface area contributed by atoms with E-state index in [1.54, 1.807) is 4.90 Å². The number of aryl methyl sites for hydroxylation is 3. The minimum atomic E-state index is -0.350. The van der Waals surface area contributed by atoms with E-state index in [2.05, 4.69) is 10.4 Å². The van der Waals surface area contributed by atoms with Crippen molar-refractivity contribution in [3.8, 4) is 0 Å². The van der Waals surface area contributed by atoms with E-state index in [4.69, 9.17) is 0 Å². The number of nitrogens with zero attached hydrogens (tertiary/aromatic N) is 3. The fourth-order valence-corrected chi connectivity index (χ4v) is 3.66. The number of carbonyl (C=O) groups is 2. The molecule has 2 amide bonds. The molecule has 0 aliphatic carbocycles. The highest BCUT2D eigenvalue weighted by atomic mass is 16.2. The number of carbonyl (C=O) groups excluding carboxylic acids is 2. The van der Waals surface area contributed by atoms with Gasteiger partial charge in [-0.25, -0.2) is 4.68 Å². The van der Waals surface area contributed by atoms with Gasteiger partial charge in [0.1, 0.15) is 5.69 Å². The summed E-state index contributed by atoms with van der Waals surface area (Å²) in [5.74, 6) is -0.472. The van der Waals surface area contributed by atoms with Crippen molar-refractivity contribution in [3.63, 3.8) is 0 Å². The van der Waals surface area contributed by atoms with Gasteiger partial charge in [-0.3, -0.25) is 14.4 Å². The van der Waals surface area contributed by atoms with Crippen molar-refractivity contribution in [1.82, 2.24) is 9.78 Å². The van der Waals surface area contributed by atoms with Crippen molar-refractivity contribution >= 4 is 23.2 Å². The van der Waals surface area contributed by atoms with Gasteiger partial charge < -0.3 is 10.2 Å². The third-order valence-electron chi connectivity index (χ3n) is 5.56. The number of nitrogens with one attached hydrogen (secondary N) is 1. The molecule has 0 saturated carbocycles. The molecule has 3 aromatic rings. The molecular formula is C24H24N4O3. The summed E-state index contributed by atoms with van der Waals surface area (Å²) in [6, 6.07) is 16.2. The van der Waals surface area contributed by atoms with E-state index in [1.165, 1.54) is 16.8 Å². The van der Waals surface area contributed by atoms with E-state index < -0.39 is 0 Å². The Morgan fingerprint density at radius 3 is 2.65 bits per heavy atom. The van der Waals surface area contributed by atoms with Crippen LogP contribution in [0.2, 0.25) is 0 Å². The number of rotatable bonds is 5. The Balaban J connectivity index is 1.44. The van der Waals surface area contributed by atoms with Crippen LogP contribution < -0.4 is 15.8 Å². The Kier molecular flexibility index (Phi) is 5.66. The van der Waals surface area contributed by atoms with Gasteiger partial charge in [-0.1, -0.05) is 24.3 Å².